The third-order valence-electron chi connectivity index (χ3n) is 3.67. The van der Waals surface area contributed by atoms with Gasteiger partial charge in [0.2, 0.25) is 25.8 Å². The van der Waals surface area contributed by atoms with E-state index in [1.165, 1.54) is 26.0 Å². The van der Waals surface area contributed by atoms with Crippen molar-refractivity contribution in [2.45, 2.75) is 28.5 Å². The summed E-state index contributed by atoms with van der Waals surface area (Å²) in [5, 5.41) is 2.45. The minimum atomic E-state index is -4.01. The highest BCUT2D eigenvalue weighted by Crippen LogP contribution is 2.25. The predicted octanol–water partition coefficient (Wildman–Crippen LogP) is 1.38. The SMILES string of the molecule is CC(=O)NCCNS(=O)(=O)c1cc(S(=O)(=O)c2ccc(F)cc2)ccc1C. The van der Waals surface area contributed by atoms with Crippen LogP contribution in [0.3, 0.4) is 0 Å². The Morgan fingerprint density at radius 1 is 0.963 bits per heavy atom. The van der Waals surface area contributed by atoms with E-state index < -0.39 is 25.7 Å². The second-order valence-electron chi connectivity index (χ2n) is 5.77. The number of hydrogen-bond acceptors (Lipinski definition) is 5. The number of rotatable bonds is 7. The number of halogens is 1. The molecule has 2 rings (SSSR count). The van der Waals surface area contributed by atoms with Gasteiger partial charge in [-0.25, -0.2) is 25.9 Å². The van der Waals surface area contributed by atoms with Gasteiger partial charge in [-0.2, -0.15) is 0 Å². The first-order chi connectivity index (χ1) is 12.5. The Kier molecular flexibility index (Phi) is 6.34. The maximum absolute atomic E-state index is 13.0. The lowest BCUT2D eigenvalue weighted by Crippen LogP contribution is -2.34. The van der Waals surface area contributed by atoms with E-state index in [1.54, 1.807) is 0 Å². The van der Waals surface area contributed by atoms with Crippen molar-refractivity contribution in [3.63, 3.8) is 0 Å². The molecular formula is C17H19FN2O5S2. The van der Waals surface area contributed by atoms with Gasteiger partial charge < -0.3 is 5.32 Å². The van der Waals surface area contributed by atoms with Gasteiger partial charge in [0, 0.05) is 20.0 Å². The minimum Gasteiger partial charge on any atom is -0.355 e. The highest BCUT2D eigenvalue weighted by molar-refractivity contribution is 7.91. The smallest absolute Gasteiger partial charge is 0.240 e. The quantitative estimate of drug-likeness (QED) is 0.526. The molecule has 0 aliphatic rings. The van der Waals surface area contributed by atoms with Crippen LogP contribution >= 0.6 is 0 Å². The molecule has 0 atom stereocenters. The first kappa shape index (κ1) is 21.0. The topological polar surface area (TPSA) is 109 Å². The molecule has 0 saturated carbocycles. The molecule has 10 heteroatoms. The van der Waals surface area contributed by atoms with Crippen LogP contribution in [-0.4, -0.2) is 35.8 Å². The van der Waals surface area contributed by atoms with Gasteiger partial charge >= 0.3 is 0 Å². The van der Waals surface area contributed by atoms with Crippen molar-refractivity contribution in [1.29, 1.82) is 0 Å². The molecule has 0 fully saturated rings. The second-order valence-corrected chi connectivity index (χ2v) is 9.45. The Bertz CT molecular complexity index is 1050. The predicted molar refractivity (Wildman–Crippen MR) is 96.9 cm³/mol. The number of aryl methyl sites for hydroxylation is 1. The summed E-state index contributed by atoms with van der Waals surface area (Å²) in [5.41, 5.74) is 0.361. The average molecular weight is 414 g/mol. The third-order valence-corrected chi connectivity index (χ3v) is 7.04. The van der Waals surface area contributed by atoms with Gasteiger partial charge in [-0.3, -0.25) is 4.79 Å². The van der Waals surface area contributed by atoms with Crippen molar-refractivity contribution < 1.29 is 26.0 Å². The number of carbonyl (C=O) groups is 1. The standard InChI is InChI=1S/C17H19FN2O5S2/c1-12-3-6-16(26(22,23)15-7-4-14(18)5-8-15)11-17(12)27(24,25)20-10-9-19-13(2)21/h3-8,11,20H,9-10H2,1-2H3,(H,19,21). The van der Waals surface area contributed by atoms with Crippen molar-refractivity contribution in [2.24, 2.45) is 0 Å². The molecule has 7 nitrogen and oxygen atoms in total. The zero-order valence-corrected chi connectivity index (χ0v) is 16.3. The minimum absolute atomic E-state index is 0.0453. The highest BCUT2D eigenvalue weighted by Gasteiger charge is 2.23. The zero-order chi connectivity index (χ0) is 20.2. The van der Waals surface area contributed by atoms with Crippen LogP contribution in [0.2, 0.25) is 0 Å². The molecule has 0 aromatic heterocycles. The van der Waals surface area contributed by atoms with E-state index in [9.17, 15) is 26.0 Å². The van der Waals surface area contributed by atoms with Crippen LogP contribution in [0.4, 0.5) is 4.39 Å². The van der Waals surface area contributed by atoms with Gasteiger partial charge in [0.15, 0.2) is 0 Å². The Morgan fingerprint density at radius 2 is 1.56 bits per heavy atom. The fourth-order valence-electron chi connectivity index (χ4n) is 2.29. The molecule has 2 N–H and O–H groups in total. The summed E-state index contributed by atoms with van der Waals surface area (Å²) < 4.78 is 65.7. The monoisotopic (exact) mass is 414 g/mol. The van der Waals surface area contributed by atoms with Crippen LogP contribution in [0, 0.1) is 12.7 Å². The average Bonchev–Trinajstić information content (AvgIpc) is 2.59. The number of benzene rings is 2. The van der Waals surface area contributed by atoms with Crippen LogP contribution in [-0.2, 0) is 24.7 Å². The number of hydrogen-bond donors (Lipinski definition) is 2. The Morgan fingerprint density at radius 3 is 2.15 bits per heavy atom. The van der Waals surface area contributed by atoms with E-state index >= 15 is 0 Å². The molecule has 0 bridgehead atoms. The van der Waals surface area contributed by atoms with E-state index in [4.69, 9.17) is 0 Å². The Labute approximate surface area is 157 Å². The van der Waals surface area contributed by atoms with Crippen molar-refractivity contribution in [3.8, 4) is 0 Å². The molecule has 0 spiro atoms. The molecule has 146 valence electrons. The lowest BCUT2D eigenvalue weighted by atomic mass is 10.2. The number of sulfone groups is 1. The van der Waals surface area contributed by atoms with Crippen LogP contribution in [0.5, 0.6) is 0 Å². The molecule has 0 saturated heterocycles. The lowest BCUT2D eigenvalue weighted by molar-refractivity contribution is -0.118. The van der Waals surface area contributed by atoms with Crippen LogP contribution in [0.15, 0.2) is 57.2 Å². The molecular weight excluding hydrogens is 395 g/mol. The highest BCUT2D eigenvalue weighted by atomic mass is 32.2. The summed E-state index contributed by atoms with van der Waals surface area (Å²) in [5.74, 6) is -0.873. The summed E-state index contributed by atoms with van der Waals surface area (Å²) >= 11 is 0. The maximum atomic E-state index is 13.0. The van der Waals surface area contributed by atoms with E-state index in [-0.39, 0.29) is 33.7 Å². The van der Waals surface area contributed by atoms with Gasteiger partial charge in [-0.15, -0.1) is 0 Å². The normalized spacial score (nSPS) is 12.0. The van der Waals surface area contributed by atoms with Crippen molar-refractivity contribution in [2.75, 3.05) is 13.1 Å². The van der Waals surface area contributed by atoms with Gasteiger partial charge in [0.05, 0.1) is 14.7 Å². The number of carbonyl (C=O) groups excluding carboxylic acids is 1. The van der Waals surface area contributed by atoms with Gasteiger partial charge in [0.1, 0.15) is 5.82 Å². The number of amides is 1. The largest absolute Gasteiger partial charge is 0.355 e. The molecule has 2 aromatic rings. The Hall–Kier alpha value is -2.30. The molecule has 0 unspecified atom stereocenters. The number of sulfonamides is 1. The van der Waals surface area contributed by atoms with Crippen molar-refractivity contribution in [3.05, 3.63) is 53.8 Å². The zero-order valence-electron chi connectivity index (χ0n) is 14.7. The molecule has 2 aromatic carbocycles. The van der Waals surface area contributed by atoms with Crippen LogP contribution < -0.4 is 10.0 Å². The van der Waals surface area contributed by atoms with Gasteiger partial charge in [-0.05, 0) is 48.9 Å². The van der Waals surface area contributed by atoms with Gasteiger partial charge in [0.25, 0.3) is 0 Å². The summed E-state index contributed by atoms with van der Waals surface area (Å²) in [6.07, 6.45) is 0. The molecule has 27 heavy (non-hydrogen) atoms. The van der Waals surface area contributed by atoms with Crippen LogP contribution in [0.25, 0.3) is 0 Å². The van der Waals surface area contributed by atoms with Crippen LogP contribution in [0.1, 0.15) is 12.5 Å². The van der Waals surface area contributed by atoms with Gasteiger partial charge in [-0.1, -0.05) is 6.07 Å². The Balaban J connectivity index is 2.35. The van der Waals surface area contributed by atoms with Crippen molar-refractivity contribution >= 4 is 25.8 Å². The lowest BCUT2D eigenvalue weighted by Gasteiger charge is -2.12. The molecule has 0 radical (unpaired) electrons. The summed E-state index contributed by atoms with van der Waals surface area (Å²) in [7, 11) is -7.99. The fourth-order valence-corrected chi connectivity index (χ4v) is 4.95. The summed E-state index contributed by atoms with van der Waals surface area (Å²) in [4.78, 5) is 10.3. The first-order valence-electron chi connectivity index (χ1n) is 7.89. The fraction of sp³-hybridized carbons (Fsp3) is 0.235. The summed E-state index contributed by atoms with van der Waals surface area (Å²) in [6, 6.07) is 8.01. The first-order valence-corrected chi connectivity index (χ1v) is 10.9. The molecule has 1 amide bonds. The molecule has 0 aliphatic heterocycles. The van der Waals surface area contributed by atoms with E-state index in [1.807, 2.05) is 0 Å². The molecule has 0 aliphatic carbocycles. The van der Waals surface area contributed by atoms with E-state index in [2.05, 4.69) is 10.0 Å². The molecule has 0 heterocycles. The van der Waals surface area contributed by atoms with E-state index in [0.29, 0.717) is 5.56 Å². The maximum Gasteiger partial charge on any atom is 0.240 e. The summed E-state index contributed by atoms with van der Waals surface area (Å²) in [6.45, 7) is 2.90. The third kappa shape index (κ3) is 5.12. The number of nitrogens with one attached hydrogen (secondary N) is 2. The second kappa shape index (κ2) is 8.15. The van der Waals surface area contributed by atoms with Crippen molar-refractivity contribution in [1.82, 2.24) is 10.0 Å². The van der Waals surface area contributed by atoms with E-state index in [0.717, 1.165) is 30.3 Å².